The van der Waals surface area contributed by atoms with Crippen molar-refractivity contribution in [1.29, 1.82) is 0 Å². The van der Waals surface area contributed by atoms with E-state index in [2.05, 4.69) is 147 Å². The molecular formula is C37H73N5Y-2. The smallest absolute Gasteiger partial charge is 0.0543 e. The van der Waals surface area contributed by atoms with E-state index in [4.69, 9.17) is 0 Å². The van der Waals surface area contributed by atoms with Gasteiger partial charge in [0, 0.05) is 56.8 Å². The number of rotatable bonds is 2. The molecule has 0 aliphatic heterocycles. The van der Waals surface area contributed by atoms with Crippen molar-refractivity contribution in [2.24, 2.45) is 0 Å². The molecule has 0 unspecified atom stereocenters. The van der Waals surface area contributed by atoms with E-state index < -0.39 is 0 Å². The average molecular weight is 677 g/mol. The zero-order valence-electron chi connectivity index (χ0n) is 28.5. The molecule has 43 heavy (non-hydrogen) atoms. The van der Waals surface area contributed by atoms with Gasteiger partial charge in [0.25, 0.3) is 0 Å². The molecule has 6 heteroatoms. The summed E-state index contributed by atoms with van der Waals surface area (Å²) in [6.07, 6.45) is 7.56. The molecule has 251 valence electrons. The average Bonchev–Trinajstić information content (AvgIpc) is 3.56. The van der Waals surface area contributed by atoms with E-state index in [1.165, 1.54) is 11.1 Å². The van der Waals surface area contributed by atoms with Gasteiger partial charge in [-0.2, -0.15) is 10.2 Å². The van der Waals surface area contributed by atoms with Gasteiger partial charge in [0.2, 0.25) is 0 Å². The fourth-order valence-corrected chi connectivity index (χ4v) is 3.05. The predicted molar refractivity (Wildman–Crippen MR) is 193 cm³/mol. The second-order valence-electron chi connectivity index (χ2n) is 13.1. The molecule has 0 saturated carbocycles. The topological polar surface area (TPSA) is 49.7 Å². The molecular weight excluding hydrogens is 603 g/mol. The number of aromatic nitrogens is 4. The third-order valence-corrected chi connectivity index (χ3v) is 5.68. The van der Waals surface area contributed by atoms with Crippen molar-refractivity contribution in [3.05, 3.63) is 86.2 Å². The summed E-state index contributed by atoms with van der Waals surface area (Å²) >= 11 is 0. The Hall–Kier alpha value is -1.30. The molecule has 5 nitrogen and oxygen atoms in total. The maximum atomic E-state index is 4.10. The van der Waals surface area contributed by atoms with Crippen LogP contribution in [0.4, 0.5) is 0 Å². The van der Waals surface area contributed by atoms with Gasteiger partial charge < -0.3 is 18.7 Å². The molecule has 2 heterocycles. The van der Waals surface area contributed by atoms with Crippen LogP contribution in [-0.2, 0) is 49.1 Å². The Labute approximate surface area is 296 Å². The van der Waals surface area contributed by atoms with Gasteiger partial charge in [-0.15, -0.1) is 13.1 Å². The van der Waals surface area contributed by atoms with Gasteiger partial charge >= 0.3 is 0 Å². The van der Waals surface area contributed by atoms with Crippen LogP contribution in [0.1, 0.15) is 130 Å². The summed E-state index contributed by atoms with van der Waals surface area (Å²) in [6, 6.07) is 12.5. The van der Waals surface area contributed by atoms with Crippen molar-refractivity contribution in [2.75, 3.05) is 13.1 Å². The fourth-order valence-electron chi connectivity index (χ4n) is 3.05. The van der Waals surface area contributed by atoms with Crippen LogP contribution in [0.15, 0.2) is 61.2 Å². The molecule has 0 atom stereocenters. The number of aromatic amines is 1. The van der Waals surface area contributed by atoms with E-state index in [1.807, 2.05) is 43.2 Å². The maximum absolute atomic E-state index is 4.10. The minimum atomic E-state index is 0. The van der Waals surface area contributed by atoms with Gasteiger partial charge in [-0.25, -0.2) is 0 Å². The molecule has 3 rings (SSSR count). The van der Waals surface area contributed by atoms with Crippen LogP contribution in [-0.4, -0.2) is 43.5 Å². The molecule has 2 aromatic heterocycles. The number of nitrogens with zero attached hydrogens (tertiary/aromatic N) is 4. The second-order valence-corrected chi connectivity index (χ2v) is 13.1. The molecule has 3 aromatic rings. The van der Waals surface area contributed by atoms with Crippen molar-refractivity contribution >= 4 is 0 Å². The number of nitrogens with one attached hydrogen (secondary N) is 1. The molecule has 0 fully saturated rings. The van der Waals surface area contributed by atoms with Crippen LogP contribution in [0.3, 0.4) is 0 Å². The Bertz CT molecular complexity index is 874. The van der Waals surface area contributed by atoms with Gasteiger partial charge in [0.1, 0.15) is 0 Å². The van der Waals surface area contributed by atoms with Gasteiger partial charge in [0.15, 0.2) is 0 Å². The zero-order chi connectivity index (χ0) is 30.9. The van der Waals surface area contributed by atoms with Crippen molar-refractivity contribution in [3.63, 3.8) is 0 Å². The Balaban J connectivity index is -0.000000101. The number of hydrogen-bond acceptors (Lipinski definition) is 3. The Morgan fingerprint density at radius 2 is 1.16 bits per heavy atom. The number of benzene rings is 1. The molecule has 1 aromatic carbocycles. The molecule has 0 spiro atoms. The quantitative estimate of drug-likeness (QED) is 0.275. The minimum absolute atomic E-state index is 0. The third-order valence-electron chi connectivity index (χ3n) is 5.68. The normalized spacial score (nSPS) is 10.4. The van der Waals surface area contributed by atoms with Crippen molar-refractivity contribution in [3.8, 4) is 0 Å². The summed E-state index contributed by atoms with van der Waals surface area (Å²) in [5.41, 5.74) is 3.53. The van der Waals surface area contributed by atoms with E-state index in [1.54, 1.807) is 6.20 Å². The molecule has 1 N–H and O–H groups in total. The van der Waals surface area contributed by atoms with Crippen LogP contribution in [0.5, 0.6) is 0 Å². The fraction of sp³-hybridized carbons (Fsp3) is 0.622. The number of hydrogen-bond donors (Lipinski definition) is 1. The summed E-state index contributed by atoms with van der Waals surface area (Å²) in [7, 11) is 0. The van der Waals surface area contributed by atoms with E-state index in [0.717, 1.165) is 13.1 Å². The molecule has 0 saturated heterocycles. The first-order chi connectivity index (χ1) is 17.8. The number of H-pyrrole nitrogens is 1. The Morgan fingerprint density at radius 1 is 0.721 bits per heavy atom. The van der Waals surface area contributed by atoms with Crippen molar-refractivity contribution in [2.45, 2.75) is 141 Å². The zero-order valence-corrected chi connectivity index (χ0v) is 31.3. The maximum Gasteiger partial charge on any atom is 0.0543 e. The standard InChI is InChI=1S/C10H14.C8H17N.2C7H12N2.C2H6.3CH4.Y/c1-10(2,3)9-7-5-4-6-8-9;1-6-9(7-2)8(3,4)5;1-7(2,3)6-4-8-9-5-6;1-7(2,3)9-6-4-5-8-9;1-2;;;;/h4-8H,1-3H3;1-2,6-7H2,3-5H3;4-5H,1-3H3,(H,8,9);4-6H,1-3H3;1-2H3;3*1H4;/q;-2;;;;;;;. The minimum Gasteiger partial charge on any atom is -0.358 e. The van der Waals surface area contributed by atoms with Crippen LogP contribution in [0.2, 0.25) is 0 Å². The monoisotopic (exact) mass is 676 g/mol. The SMILES string of the molecule is C.C.C.CC.CC(C)(C)c1ccccc1.CC(C)(C)c1cn[nH]c1.CC(C)(C)n1cccn1.[CH2-]CN(C[CH2-])C(C)(C)C.[Y]. The second kappa shape index (κ2) is 26.0. The van der Waals surface area contributed by atoms with Gasteiger partial charge in [0.05, 0.1) is 11.7 Å². The predicted octanol–water partition coefficient (Wildman–Crippen LogP) is 11.0. The summed E-state index contributed by atoms with van der Waals surface area (Å²) in [5, 5.41) is 10.8. The van der Waals surface area contributed by atoms with E-state index >= 15 is 0 Å². The van der Waals surface area contributed by atoms with Gasteiger partial charge in [-0.3, -0.25) is 9.78 Å². The van der Waals surface area contributed by atoms with E-state index in [-0.39, 0.29) is 71.5 Å². The first-order valence-corrected chi connectivity index (χ1v) is 14.2. The third kappa shape index (κ3) is 25.7. The van der Waals surface area contributed by atoms with Gasteiger partial charge in [-0.1, -0.05) is 108 Å². The summed E-state index contributed by atoms with van der Waals surface area (Å²) < 4.78 is 1.94. The molecule has 1 radical (unpaired) electrons. The first-order valence-electron chi connectivity index (χ1n) is 14.2. The first kappa shape index (κ1) is 54.2. The van der Waals surface area contributed by atoms with E-state index in [9.17, 15) is 0 Å². The summed E-state index contributed by atoms with van der Waals surface area (Å²) in [5.74, 6) is 0. The van der Waals surface area contributed by atoms with Crippen LogP contribution in [0, 0.1) is 13.8 Å². The largest absolute Gasteiger partial charge is 0.358 e. The van der Waals surface area contributed by atoms with Gasteiger partial charge in [-0.05, 0) is 69.6 Å². The molecule has 0 bridgehead atoms. The van der Waals surface area contributed by atoms with Crippen molar-refractivity contribution in [1.82, 2.24) is 24.9 Å². The van der Waals surface area contributed by atoms with Crippen LogP contribution >= 0.6 is 0 Å². The molecule has 0 amide bonds. The summed E-state index contributed by atoms with van der Waals surface area (Å²) in [6.45, 7) is 39.4. The Kier molecular flexibility index (Phi) is 32.7. The molecule has 0 aliphatic carbocycles. The summed E-state index contributed by atoms with van der Waals surface area (Å²) in [4.78, 5) is 2.22. The van der Waals surface area contributed by atoms with Crippen molar-refractivity contribution < 1.29 is 32.7 Å². The Morgan fingerprint density at radius 3 is 1.33 bits per heavy atom. The van der Waals surface area contributed by atoms with Crippen LogP contribution in [0.25, 0.3) is 0 Å². The van der Waals surface area contributed by atoms with Crippen LogP contribution < -0.4 is 0 Å². The van der Waals surface area contributed by atoms with E-state index in [0.29, 0.717) is 5.41 Å². The molecule has 0 aliphatic rings.